The average molecular weight is 486 g/mol. The van der Waals surface area contributed by atoms with Crippen LogP contribution < -0.4 is 22.5 Å². The maximum Gasteiger partial charge on any atom is 0.181 e. The zero-order valence-electron chi connectivity index (χ0n) is 20.6. The first-order chi connectivity index (χ1) is 16.0. The fourth-order valence-corrected chi connectivity index (χ4v) is 2.86. The third-order valence-corrected chi connectivity index (χ3v) is 4.12. The Labute approximate surface area is 209 Å². The van der Waals surface area contributed by atoms with Crippen molar-refractivity contribution >= 4 is 55.4 Å². The van der Waals surface area contributed by atoms with Crippen molar-refractivity contribution < 1.29 is 0 Å². The molecule has 1 heterocycles. The first-order valence-corrected chi connectivity index (χ1v) is 12.3. The van der Waals surface area contributed by atoms with Crippen LogP contribution in [0.4, 0.5) is 16.5 Å². The van der Waals surface area contributed by atoms with Crippen molar-refractivity contribution in [3.05, 3.63) is 84.9 Å². The normalized spacial score (nSPS) is 8.18. The molecule has 3 aromatic carbocycles. The van der Waals surface area contributed by atoms with Gasteiger partial charge in [-0.2, -0.15) is 0 Å². The molecule has 1 aromatic heterocycles. The van der Waals surface area contributed by atoms with Crippen LogP contribution in [0.2, 0.25) is 0 Å². The summed E-state index contributed by atoms with van der Waals surface area (Å²) in [6.07, 6.45) is 0. The Morgan fingerprint density at radius 1 is 0.727 bits per heavy atom. The van der Waals surface area contributed by atoms with E-state index in [0.717, 1.165) is 21.6 Å². The Bertz CT molecular complexity index is 925. The van der Waals surface area contributed by atoms with Crippen molar-refractivity contribution in [2.24, 2.45) is 5.73 Å². The molecular weight excluding hydrogens is 446 g/mol. The highest BCUT2D eigenvalue weighted by Crippen LogP contribution is 2.22. The molecule has 0 amide bonds. The third kappa shape index (κ3) is 16.2. The molecule has 7 heteroatoms. The Morgan fingerprint density at radius 3 is 1.61 bits per heavy atom. The third-order valence-electron chi connectivity index (χ3n) is 3.15. The second-order valence-electron chi connectivity index (χ2n) is 5.29. The number of thiocarbonyl (C=S) groups is 1. The number of nitrogens with two attached hydrogens (primary N) is 3. The Kier molecular flexibility index (Phi) is 21.4. The number of nitrogens with zero attached hydrogens (tertiary/aromatic N) is 1. The molecule has 0 saturated carbocycles. The number of rotatable bonds is 1. The van der Waals surface area contributed by atoms with Crippen molar-refractivity contribution in [3.63, 3.8) is 0 Å². The number of hydrogen-bond donors (Lipinski definition) is 4. The maximum atomic E-state index is 5.50. The molecule has 5 nitrogen and oxygen atoms in total. The van der Waals surface area contributed by atoms with Gasteiger partial charge in [0.25, 0.3) is 0 Å². The van der Waals surface area contributed by atoms with Crippen LogP contribution in [0, 0.1) is 0 Å². The summed E-state index contributed by atoms with van der Waals surface area (Å²) in [4.78, 5) is 4.11. The zero-order valence-corrected chi connectivity index (χ0v) is 22.2. The lowest BCUT2D eigenvalue weighted by molar-refractivity contribution is 1.50. The minimum atomic E-state index is 0.297. The fourth-order valence-electron chi connectivity index (χ4n) is 2.01. The molecule has 0 spiro atoms. The first kappa shape index (κ1) is 32.0. The number of para-hydroxylation sites is 3. The Balaban J connectivity index is 0. The maximum absolute atomic E-state index is 5.50. The summed E-state index contributed by atoms with van der Waals surface area (Å²) in [6.45, 7) is 12.0. The van der Waals surface area contributed by atoms with Crippen molar-refractivity contribution in [1.82, 2.24) is 4.98 Å². The lowest BCUT2D eigenvalue weighted by atomic mass is 10.3. The number of nitrogens with one attached hydrogen (secondary N) is 1. The van der Waals surface area contributed by atoms with Gasteiger partial charge in [0.05, 0.1) is 10.2 Å². The van der Waals surface area contributed by atoms with Gasteiger partial charge in [-0.1, -0.05) is 101 Å². The van der Waals surface area contributed by atoms with Gasteiger partial charge in [-0.3, -0.25) is 0 Å². The summed E-state index contributed by atoms with van der Waals surface area (Å²) in [5.41, 5.74) is 18.8. The largest absolute Gasteiger partial charge is 0.399 e. The van der Waals surface area contributed by atoms with E-state index in [1.807, 2.05) is 126 Å². The van der Waals surface area contributed by atoms with E-state index >= 15 is 0 Å². The summed E-state index contributed by atoms with van der Waals surface area (Å²) in [7, 11) is 0. The van der Waals surface area contributed by atoms with Crippen molar-refractivity contribution in [3.8, 4) is 0 Å². The van der Waals surface area contributed by atoms with Gasteiger partial charge < -0.3 is 22.5 Å². The molecule has 7 N–H and O–H groups in total. The van der Waals surface area contributed by atoms with Crippen molar-refractivity contribution in [1.29, 1.82) is 0 Å². The quantitative estimate of drug-likeness (QED) is 0.164. The summed E-state index contributed by atoms with van der Waals surface area (Å²) >= 11 is 6.16. The van der Waals surface area contributed by atoms with Crippen molar-refractivity contribution in [2.75, 3.05) is 16.8 Å². The van der Waals surface area contributed by atoms with E-state index in [-0.39, 0.29) is 0 Å². The molecule has 0 aliphatic heterocycles. The van der Waals surface area contributed by atoms with Crippen LogP contribution in [0.15, 0.2) is 84.9 Å². The molecule has 0 radical (unpaired) electrons. The molecule has 4 aromatic rings. The van der Waals surface area contributed by atoms with E-state index in [1.54, 1.807) is 0 Å². The number of nitrogen functional groups attached to an aromatic ring is 2. The van der Waals surface area contributed by atoms with E-state index in [2.05, 4.69) is 22.5 Å². The van der Waals surface area contributed by atoms with Gasteiger partial charge in [0.15, 0.2) is 10.2 Å². The van der Waals surface area contributed by atoms with E-state index < -0.39 is 0 Å². The lowest BCUT2D eigenvalue weighted by Gasteiger charge is -2.00. The van der Waals surface area contributed by atoms with Crippen LogP contribution in [0.3, 0.4) is 0 Å². The van der Waals surface area contributed by atoms with Crippen LogP contribution >= 0.6 is 23.6 Å². The molecule has 0 aliphatic carbocycles. The van der Waals surface area contributed by atoms with Crippen LogP contribution in [0.5, 0.6) is 0 Å². The molecule has 0 fully saturated rings. The minimum Gasteiger partial charge on any atom is -0.399 e. The van der Waals surface area contributed by atoms with E-state index in [0.29, 0.717) is 10.2 Å². The molecule has 0 atom stereocenters. The van der Waals surface area contributed by atoms with Crippen LogP contribution in [-0.4, -0.2) is 10.1 Å². The summed E-state index contributed by atoms with van der Waals surface area (Å²) < 4.78 is 1.15. The zero-order chi connectivity index (χ0) is 25.5. The van der Waals surface area contributed by atoms with Gasteiger partial charge in [0.1, 0.15) is 0 Å². The molecule has 0 aliphatic rings. The monoisotopic (exact) mass is 485 g/mol. The topological polar surface area (TPSA) is 103 Å². The highest BCUT2D eigenvalue weighted by Gasteiger charge is 1.96. The van der Waals surface area contributed by atoms with Gasteiger partial charge in [0, 0.05) is 11.4 Å². The van der Waals surface area contributed by atoms with Crippen LogP contribution in [0.25, 0.3) is 10.2 Å². The molecule has 0 bridgehead atoms. The van der Waals surface area contributed by atoms with Crippen molar-refractivity contribution in [2.45, 2.75) is 41.5 Å². The average Bonchev–Trinajstić information content (AvgIpc) is 3.25. The van der Waals surface area contributed by atoms with Crippen LogP contribution in [-0.2, 0) is 0 Å². The number of thiazole rings is 1. The molecule has 0 unspecified atom stereocenters. The van der Waals surface area contributed by atoms with Gasteiger partial charge in [-0.05, 0) is 48.6 Å². The summed E-state index contributed by atoms with van der Waals surface area (Å²) in [5, 5.41) is 3.75. The predicted molar refractivity (Wildman–Crippen MR) is 156 cm³/mol. The smallest absolute Gasteiger partial charge is 0.181 e. The highest BCUT2D eigenvalue weighted by atomic mass is 32.1. The number of benzene rings is 3. The molecule has 33 heavy (non-hydrogen) atoms. The van der Waals surface area contributed by atoms with E-state index in [9.17, 15) is 0 Å². The minimum absolute atomic E-state index is 0.297. The fraction of sp³-hybridized carbons (Fsp3) is 0.231. The summed E-state index contributed by atoms with van der Waals surface area (Å²) in [6, 6.07) is 27.0. The lowest BCUT2D eigenvalue weighted by Crippen LogP contribution is -2.18. The van der Waals surface area contributed by atoms with Gasteiger partial charge in [-0.25, -0.2) is 4.98 Å². The van der Waals surface area contributed by atoms with Gasteiger partial charge >= 0.3 is 0 Å². The Hall–Kier alpha value is -3.16. The van der Waals surface area contributed by atoms with Crippen LogP contribution in [0.1, 0.15) is 41.5 Å². The molecular formula is C26H39N5S2. The number of aromatic nitrogens is 1. The van der Waals surface area contributed by atoms with Gasteiger partial charge in [-0.15, -0.1) is 0 Å². The SMILES string of the molecule is CC.CC.CC.NC(=S)Nc1ccccc1.Nc1ccccc1.Nc1nc2ccccc2s1. The Morgan fingerprint density at radius 2 is 1.18 bits per heavy atom. The predicted octanol–water partition coefficient (Wildman–Crippen LogP) is 7.57. The molecule has 180 valence electrons. The molecule has 4 rings (SSSR count). The van der Waals surface area contributed by atoms with E-state index in [1.165, 1.54) is 11.3 Å². The standard InChI is InChI=1S/C7H6N2S.C7H8N2S.C6H7N.3C2H6/c8-7-9-5-3-1-2-4-6(5)10-7;8-7(10)9-6-4-2-1-3-5-6;7-6-4-2-1-3-5-6;3*1-2/h1-4H,(H2,8,9);1-5H,(H3,8,9,10);1-5H,7H2;3*1-2H3. The summed E-state index contributed by atoms with van der Waals surface area (Å²) in [5.74, 6) is 0. The highest BCUT2D eigenvalue weighted by molar-refractivity contribution is 7.80. The van der Waals surface area contributed by atoms with E-state index in [4.69, 9.17) is 17.2 Å². The second kappa shape index (κ2) is 22.0. The number of hydrogen-bond acceptors (Lipinski definition) is 5. The number of anilines is 3. The van der Waals surface area contributed by atoms with Gasteiger partial charge in [0.2, 0.25) is 0 Å². The molecule has 0 saturated heterocycles. The second-order valence-corrected chi connectivity index (χ2v) is 6.79. The number of fused-ring (bicyclic) bond motifs is 1. The first-order valence-electron chi connectivity index (χ1n) is 11.1.